The van der Waals surface area contributed by atoms with Crippen molar-refractivity contribution < 1.29 is 9.59 Å². The fourth-order valence-electron chi connectivity index (χ4n) is 3.09. The van der Waals surface area contributed by atoms with Gasteiger partial charge in [0.05, 0.1) is 5.25 Å². The summed E-state index contributed by atoms with van der Waals surface area (Å²) in [6.07, 6.45) is 1.89. The van der Waals surface area contributed by atoms with Crippen molar-refractivity contribution in [2.75, 3.05) is 7.05 Å². The number of benzene rings is 2. The van der Waals surface area contributed by atoms with Crippen LogP contribution in [0.5, 0.6) is 0 Å². The lowest BCUT2D eigenvalue weighted by atomic mass is 10.1. The minimum atomic E-state index is -0.580. The molecule has 4 rings (SSSR count). The van der Waals surface area contributed by atoms with Crippen molar-refractivity contribution in [3.63, 3.8) is 0 Å². The van der Waals surface area contributed by atoms with Crippen LogP contribution in [0, 0.1) is 0 Å². The average molecular weight is 455 g/mol. The Balaban J connectivity index is 1.77. The predicted octanol–water partition coefficient (Wildman–Crippen LogP) is 4.01. The molecule has 2 heterocycles. The highest BCUT2D eigenvalue weighted by Crippen LogP contribution is 2.33. The highest BCUT2D eigenvalue weighted by Gasteiger charge is 2.24. The van der Waals surface area contributed by atoms with Crippen LogP contribution < -0.4 is 10.6 Å². The molecule has 2 aromatic carbocycles. The SMILES string of the molecule is CNC(=O)NC(=O)[C@@H](C)Sc1nnc(-c2c[nH]c3ccccc23)n1-c1ccc(Cl)cc1. The van der Waals surface area contributed by atoms with Crippen molar-refractivity contribution in [2.45, 2.75) is 17.3 Å². The van der Waals surface area contributed by atoms with E-state index < -0.39 is 17.2 Å². The standard InChI is InChI=1S/C21H19ClN6O2S/c1-12(19(29)25-20(30)23-2)31-21-27-26-18(28(21)14-9-7-13(22)8-10-14)16-11-24-17-6-4-3-5-15(16)17/h3-12,24H,1-2H3,(H2,23,25,29,30)/t12-/m1/s1. The molecule has 0 radical (unpaired) electrons. The molecule has 8 nitrogen and oxygen atoms in total. The number of para-hydroxylation sites is 1. The number of thioether (sulfide) groups is 1. The van der Waals surface area contributed by atoms with Gasteiger partial charge in [-0.15, -0.1) is 10.2 Å². The number of amides is 3. The first kappa shape index (κ1) is 21.0. The third-order valence-corrected chi connectivity index (χ3v) is 5.96. The molecular formula is C21H19ClN6O2S. The number of nitrogens with one attached hydrogen (secondary N) is 3. The van der Waals surface area contributed by atoms with Gasteiger partial charge < -0.3 is 10.3 Å². The van der Waals surface area contributed by atoms with Crippen LogP contribution in [0.2, 0.25) is 5.02 Å². The van der Waals surface area contributed by atoms with Crippen LogP contribution >= 0.6 is 23.4 Å². The summed E-state index contributed by atoms with van der Waals surface area (Å²) >= 11 is 7.28. The zero-order valence-corrected chi connectivity index (χ0v) is 18.3. The fourth-order valence-corrected chi connectivity index (χ4v) is 4.08. The Morgan fingerprint density at radius 1 is 1.13 bits per heavy atom. The maximum absolute atomic E-state index is 12.3. The first-order chi connectivity index (χ1) is 15.0. The number of hydrogen-bond donors (Lipinski definition) is 3. The molecule has 0 saturated carbocycles. The number of aromatic nitrogens is 4. The first-order valence-electron chi connectivity index (χ1n) is 9.45. The molecule has 10 heteroatoms. The second kappa shape index (κ2) is 8.83. The molecule has 0 aliphatic carbocycles. The zero-order chi connectivity index (χ0) is 22.0. The Morgan fingerprint density at radius 2 is 1.87 bits per heavy atom. The molecule has 0 fully saturated rings. The van der Waals surface area contributed by atoms with Gasteiger partial charge in [-0.1, -0.05) is 41.6 Å². The third kappa shape index (κ3) is 4.28. The van der Waals surface area contributed by atoms with E-state index in [0.717, 1.165) is 22.2 Å². The number of hydrogen-bond acceptors (Lipinski definition) is 5. The lowest BCUT2D eigenvalue weighted by Gasteiger charge is -2.13. The lowest BCUT2D eigenvalue weighted by molar-refractivity contribution is -0.119. The number of halogens is 1. The van der Waals surface area contributed by atoms with Gasteiger partial charge in [-0.3, -0.25) is 14.7 Å². The molecule has 3 N–H and O–H groups in total. The first-order valence-corrected chi connectivity index (χ1v) is 10.7. The van der Waals surface area contributed by atoms with E-state index >= 15 is 0 Å². The number of carbonyl (C=O) groups is 2. The topological polar surface area (TPSA) is 105 Å². The van der Waals surface area contributed by atoms with E-state index in [1.807, 2.05) is 47.2 Å². The van der Waals surface area contributed by atoms with Crippen LogP contribution in [0.4, 0.5) is 4.79 Å². The molecule has 2 aromatic heterocycles. The molecule has 0 unspecified atom stereocenters. The summed E-state index contributed by atoms with van der Waals surface area (Å²) < 4.78 is 1.88. The van der Waals surface area contributed by atoms with Gasteiger partial charge in [0, 0.05) is 40.4 Å². The maximum Gasteiger partial charge on any atom is 0.321 e. The summed E-state index contributed by atoms with van der Waals surface area (Å²) in [4.78, 5) is 27.1. The summed E-state index contributed by atoms with van der Waals surface area (Å²) in [6.45, 7) is 1.70. The van der Waals surface area contributed by atoms with Gasteiger partial charge in [0.15, 0.2) is 11.0 Å². The number of carbonyl (C=O) groups excluding carboxylic acids is 2. The molecule has 0 saturated heterocycles. The molecule has 1 atom stereocenters. The Bertz CT molecular complexity index is 1250. The summed E-state index contributed by atoms with van der Waals surface area (Å²) in [7, 11) is 1.45. The minimum absolute atomic E-state index is 0.427. The summed E-state index contributed by atoms with van der Waals surface area (Å²) in [6, 6.07) is 14.7. The molecule has 158 valence electrons. The Labute approximate surface area is 187 Å². The van der Waals surface area contributed by atoms with Gasteiger partial charge in [-0.2, -0.15) is 0 Å². The number of H-pyrrole nitrogens is 1. The number of fused-ring (bicyclic) bond motifs is 1. The summed E-state index contributed by atoms with van der Waals surface area (Å²) in [5.41, 5.74) is 2.67. The second-order valence-corrected chi connectivity index (χ2v) is 8.44. The molecule has 31 heavy (non-hydrogen) atoms. The normalized spacial score (nSPS) is 12.0. The van der Waals surface area contributed by atoms with Gasteiger partial charge in [0.2, 0.25) is 5.91 Å². The molecule has 4 aromatic rings. The van der Waals surface area contributed by atoms with Crippen molar-refractivity contribution in [3.8, 4) is 17.1 Å². The van der Waals surface area contributed by atoms with E-state index in [2.05, 4.69) is 25.8 Å². The van der Waals surface area contributed by atoms with Crippen LogP contribution in [0.15, 0.2) is 59.9 Å². The van der Waals surface area contributed by atoms with Crippen LogP contribution in [0.3, 0.4) is 0 Å². The zero-order valence-electron chi connectivity index (χ0n) is 16.7. The van der Waals surface area contributed by atoms with E-state index in [-0.39, 0.29) is 0 Å². The van der Waals surface area contributed by atoms with E-state index in [0.29, 0.717) is 16.0 Å². The van der Waals surface area contributed by atoms with E-state index in [1.165, 1.54) is 18.8 Å². The van der Waals surface area contributed by atoms with Crippen LogP contribution in [0.25, 0.3) is 28.0 Å². The number of imide groups is 1. The van der Waals surface area contributed by atoms with Crippen LogP contribution in [0.1, 0.15) is 6.92 Å². The highest BCUT2D eigenvalue weighted by molar-refractivity contribution is 8.00. The van der Waals surface area contributed by atoms with Gasteiger partial charge in [0.25, 0.3) is 0 Å². The largest absolute Gasteiger partial charge is 0.360 e. The molecule has 0 aliphatic heterocycles. The Hall–Kier alpha value is -3.30. The molecule has 0 bridgehead atoms. The Morgan fingerprint density at radius 3 is 2.61 bits per heavy atom. The second-order valence-electron chi connectivity index (χ2n) is 6.69. The summed E-state index contributed by atoms with van der Waals surface area (Å²) in [5.74, 6) is 0.199. The van der Waals surface area contributed by atoms with Crippen molar-refractivity contribution in [2.24, 2.45) is 0 Å². The number of rotatable bonds is 5. The lowest BCUT2D eigenvalue weighted by Crippen LogP contribution is -2.41. The molecule has 3 amide bonds. The third-order valence-electron chi connectivity index (χ3n) is 4.66. The minimum Gasteiger partial charge on any atom is -0.360 e. The van der Waals surface area contributed by atoms with Gasteiger partial charge in [-0.25, -0.2) is 4.79 Å². The number of urea groups is 1. The quantitative estimate of drug-likeness (QED) is 0.395. The molecule has 0 spiro atoms. The fraction of sp³-hybridized carbons (Fsp3) is 0.143. The van der Waals surface area contributed by atoms with Gasteiger partial charge in [0.1, 0.15) is 0 Å². The van der Waals surface area contributed by atoms with Crippen molar-refractivity contribution in [1.29, 1.82) is 0 Å². The van der Waals surface area contributed by atoms with Crippen LogP contribution in [-0.2, 0) is 4.79 Å². The van der Waals surface area contributed by atoms with Crippen molar-refractivity contribution in [1.82, 2.24) is 30.4 Å². The van der Waals surface area contributed by atoms with Crippen molar-refractivity contribution in [3.05, 3.63) is 59.8 Å². The molecule has 0 aliphatic rings. The Kier molecular flexibility index (Phi) is 5.97. The highest BCUT2D eigenvalue weighted by atomic mass is 35.5. The summed E-state index contributed by atoms with van der Waals surface area (Å²) in [5, 5.41) is 15.0. The smallest absolute Gasteiger partial charge is 0.321 e. The molecular weight excluding hydrogens is 436 g/mol. The maximum atomic E-state index is 12.3. The predicted molar refractivity (Wildman–Crippen MR) is 122 cm³/mol. The van der Waals surface area contributed by atoms with E-state index in [9.17, 15) is 9.59 Å². The van der Waals surface area contributed by atoms with Gasteiger partial charge >= 0.3 is 6.03 Å². The number of nitrogens with zero attached hydrogens (tertiary/aromatic N) is 3. The van der Waals surface area contributed by atoms with Gasteiger partial charge in [-0.05, 0) is 37.3 Å². The van der Waals surface area contributed by atoms with Crippen molar-refractivity contribution >= 4 is 46.2 Å². The number of aromatic amines is 1. The average Bonchev–Trinajstić information content (AvgIpc) is 3.38. The monoisotopic (exact) mass is 454 g/mol. The van der Waals surface area contributed by atoms with E-state index in [1.54, 1.807) is 19.1 Å². The van der Waals surface area contributed by atoms with Crippen LogP contribution in [-0.4, -0.2) is 44.0 Å². The van der Waals surface area contributed by atoms with E-state index in [4.69, 9.17) is 11.6 Å².